The van der Waals surface area contributed by atoms with Gasteiger partial charge in [0.1, 0.15) is 5.52 Å². The van der Waals surface area contributed by atoms with Crippen LogP contribution >= 0.6 is 12.2 Å². The van der Waals surface area contributed by atoms with E-state index in [1.54, 1.807) is 0 Å². The number of aromatic nitrogens is 2. The topological polar surface area (TPSA) is 20.7 Å². The Bertz CT molecular complexity index is 882. The van der Waals surface area contributed by atoms with Gasteiger partial charge in [0.25, 0.3) is 0 Å². The fourth-order valence-electron chi connectivity index (χ4n) is 2.00. The molecule has 1 N–H and O–H groups in total. The molecule has 3 aromatic rings. The fourth-order valence-corrected chi connectivity index (χ4v) is 2.31. The Labute approximate surface area is 115 Å². The first kappa shape index (κ1) is 12.9. The molecule has 1 aromatic heterocycles. The average Bonchev–Trinajstić information content (AvgIpc) is 2.74. The number of benzene rings is 2. The van der Waals surface area contributed by atoms with Gasteiger partial charge in [0.2, 0.25) is 0 Å². The summed E-state index contributed by atoms with van der Waals surface area (Å²) in [5.41, 5.74) is 0.212. The predicted octanol–water partition coefficient (Wildman–Crippen LogP) is 4.24. The van der Waals surface area contributed by atoms with Gasteiger partial charge in [-0.25, -0.2) is 17.6 Å². The van der Waals surface area contributed by atoms with Crippen molar-refractivity contribution in [3.05, 3.63) is 58.4 Å². The van der Waals surface area contributed by atoms with Gasteiger partial charge in [-0.05, 0) is 36.5 Å². The van der Waals surface area contributed by atoms with Crippen LogP contribution in [-0.4, -0.2) is 9.55 Å². The van der Waals surface area contributed by atoms with E-state index in [1.807, 2.05) is 0 Å². The lowest BCUT2D eigenvalue weighted by Gasteiger charge is -2.06. The summed E-state index contributed by atoms with van der Waals surface area (Å²) in [5.74, 6) is -4.30. The molecule has 2 nitrogen and oxygen atoms in total. The Balaban J connectivity index is 2.41. The number of hydrogen-bond acceptors (Lipinski definition) is 1. The maximum atomic E-state index is 13.9. The summed E-state index contributed by atoms with van der Waals surface area (Å²) >= 11 is 5.02. The van der Waals surface area contributed by atoms with Crippen LogP contribution in [-0.2, 0) is 0 Å². The summed E-state index contributed by atoms with van der Waals surface area (Å²) in [6, 6.07) is 5.26. The largest absolute Gasteiger partial charge is 0.330 e. The third kappa shape index (κ3) is 1.82. The van der Waals surface area contributed by atoms with Crippen molar-refractivity contribution in [3.63, 3.8) is 0 Å². The highest BCUT2D eigenvalue weighted by Crippen LogP contribution is 2.24. The number of fused-ring (bicyclic) bond motifs is 1. The first-order chi connectivity index (χ1) is 9.49. The van der Waals surface area contributed by atoms with Crippen molar-refractivity contribution in [2.45, 2.75) is 0 Å². The van der Waals surface area contributed by atoms with Crippen molar-refractivity contribution < 1.29 is 17.6 Å². The lowest BCUT2D eigenvalue weighted by Crippen LogP contribution is -1.99. The summed E-state index contributed by atoms with van der Waals surface area (Å²) in [6.45, 7) is 0. The van der Waals surface area contributed by atoms with E-state index >= 15 is 0 Å². The van der Waals surface area contributed by atoms with E-state index in [4.69, 9.17) is 12.2 Å². The molecule has 102 valence electrons. The van der Waals surface area contributed by atoms with Crippen molar-refractivity contribution >= 4 is 23.3 Å². The Morgan fingerprint density at radius 1 is 0.900 bits per heavy atom. The third-order valence-corrected chi connectivity index (χ3v) is 3.18. The van der Waals surface area contributed by atoms with Crippen LogP contribution < -0.4 is 0 Å². The number of halogens is 4. The molecule has 0 aliphatic heterocycles. The molecule has 20 heavy (non-hydrogen) atoms. The van der Waals surface area contributed by atoms with Gasteiger partial charge < -0.3 is 4.98 Å². The maximum absolute atomic E-state index is 13.9. The molecule has 0 aliphatic rings. The minimum Gasteiger partial charge on any atom is -0.330 e. The highest BCUT2D eigenvalue weighted by molar-refractivity contribution is 7.71. The van der Waals surface area contributed by atoms with Crippen LogP contribution in [0.25, 0.3) is 16.7 Å². The first-order valence-corrected chi connectivity index (χ1v) is 5.94. The van der Waals surface area contributed by atoms with E-state index in [9.17, 15) is 17.6 Å². The Kier molecular flexibility index (Phi) is 2.86. The molecule has 2 aromatic carbocycles. The Morgan fingerprint density at radius 2 is 1.60 bits per heavy atom. The Morgan fingerprint density at radius 3 is 2.30 bits per heavy atom. The van der Waals surface area contributed by atoms with Crippen LogP contribution in [0, 0.1) is 28.0 Å². The van der Waals surface area contributed by atoms with E-state index in [1.165, 1.54) is 12.1 Å². The van der Waals surface area contributed by atoms with Crippen LogP contribution in [0.15, 0.2) is 30.3 Å². The molecule has 0 bridgehead atoms. The van der Waals surface area contributed by atoms with Gasteiger partial charge in [0, 0.05) is 6.07 Å². The standard InChI is InChI=1S/C13H6F4N2S/c14-7-2-1-6(5-9(7)16)19-12-10(18-13(19)20)4-3-8(15)11(12)17/h1-5H,(H,18,20). The van der Waals surface area contributed by atoms with Crippen LogP contribution in [0.3, 0.4) is 0 Å². The quantitative estimate of drug-likeness (QED) is 0.526. The van der Waals surface area contributed by atoms with Crippen LogP contribution in [0.2, 0.25) is 0 Å². The van der Waals surface area contributed by atoms with Crippen molar-refractivity contribution in [1.82, 2.24) is 9.55 Å². The summed E-state index contributed by atoms with van der Waals surface area (Å²) in [5, 5.41) is 0. The fraction of sp³-hybridized carbons (Fsp3) is 0. The number of nitrogens with zero attached hydrogens (tertiary/aromatic N) is 1. The van der Waals surface area contributed by atoms with Crippen LogP contribution in [0.5, 0.6) is 0 Å². The summed E-state index contributed by atoms with van der Waals surface area (Å²) in [6.07, 6.45) is 0. The van der Waals surface area contributed by atoms with Gasteiger partial charge in [-0.1, -0.05) is 0 Å². The molecule has 0 fully saturated rings. The molecule has 0 radical (unpaired) electrons. The summed E-state index contributed by atoms with van der Waals surface area (Å²) < 4.78 is 54.6. The van der Waals surface area contributed by atoms with Gasteiger partial charge in [-0.2, -0.15) is 0 Å². The molecular formula is C13H6F4N2S. The summed E-state index contributed by atoms with van der Waals surface area (Å²) in [7, 11) is 0. The zero-order chi connectivity index (χ0) is 14.4. The second-order valence-corrected chi connectivity index (χ2v) is 4.51. The SMILES string of the molecule is Fc1ccc(-n2c(=S)[nH]c3ccc(F)c(F)c32)cc1F. The zero-order valence-electron chi connectivity index (χ0n) is 9.75. The third-order valence-electron chi connectivity index (χ3n) is 2.90. The Hall–Kier alpha value is -2.15. The molecule has 0 aliphatic carbocycles. The predicted molar refractivity (Wildman–Crippen MR) is 68.3 cm³/mol. The van der Waals surface area contributed by atoms with Gasteiger partial charge in [-0.3, -0.25) is 4.57 Å². The van der Waals surface area contributed by atoms with E-state index < -0.39 is 23.3 Å². The van der Waals surface area contributed by atoms with Crippen molar-refractivity contribution in [1.29, 1.82) is 0 Å². The highest BCUT2D eigenvalue weighted by atomic mass is 32.1. The molecule has 7 heteroatoms. The molecule has 0 unspecified atom stereocenters. The van der Waals surface area contributed by atoms with Gasteiger partial charge in [0.15, 0.2) is 28.0 Å². The van der Waals surface area contributed by atoms with Gasteiger partial charge in [-0.15, -0.1) is 0 Å². The number of aromatic amines is 1. The minimum absolute atomic E-state index is 0.0514. The lowest BCUT2D eigenvalue weighted by atomic mass is 10.2. The van der Waals surface area contributed by atoms with Gasteiger partial charge >= 0.3 is 0 Å². The van der Waals surface area contributed by atoms with E-state index in [-0.39, 0.29) is 21.5 Å². The smallest absolute Gasteiger partial charge is 0.184 e. The molecule has 0 spiro atoms. The molecule has 0 amide bonds. The normalized spacial score (nSPS) is 11.2. The molecule has 0 saturated heterocycles. The lowest BCUT2D eigenvalue weighted by molar-refractivity contribution is 0.507. The highest BCUT2D eigenvalue weighted by Gasteiger charge is 2.15. The summed E-state index contributed by atoms with van der Waals surface area (Å²) in [4.78, 5) is 2.68. The van der Waals surface area contributed by atoms with Crippen molar-refractivity contribution in [2.24, 2.45) is 0 Å². The maximum Gasteiger partial charge on any atom is 0.184 e. The first-order valence-electron chi connectivity index (χ1n) is 5.53. The average molecular weight is 298 g/mol. The van der Waals surface area contributed by atoms with Crippen molar-refractivity contribution in [3.8, 4) is 5.69 Å². The number of H-pyrrole nitrogens is 1. The van der Waals surface area contributed by atoms with E-state index in [0.29, 0.717) is 0 Å². The molecule has 3 rings (SSSR count). The van der Waals surface area contributed by atoms with E-state index in [0.717, 1.165) is 22.8 Å². The van der Waals surface area contributed by atoms with Crippen LogP contribution in [0.4, 0.5) is 17.6 Å². The molecular weight excluding hydrogens is 292 g/mol. The zero-order valence-corrected chi connectivity index (χ0v) is 10.6. The van der Waals surface area contributed by atoms with Crippen LogP contribution in [0.1, 0.15) is 0 Å². The molecule has 0 saturated carbocycles. The molecule has 1 heterocycles. The second-order valence-electron chi connectivity index (χ2n) is 4.12. The minimum atomic E-state index is -1.11. The molecule has 0 atom stereocenters. The number of rotatable bonds is 1. The number of nitrogens with one attached hydrogen (secondary N) is 1. The monoisotopic (exact) mass is 298 g/mol. The number of hydrogen-bond donors (Lipinski definition) is 1. The van der Waals surface area contributed by atoms with Crippen molar-refractivity contribution in [2.75, 3.05) is 0 Å². The van der Waals surface area contributed by atoms with E-state index in [2.05, 4.69) is 4.98 Å². The second kappa shape index (κ2) is 4.45. The van der Waals surface area contributed by atoms with Gasteiger partial charge in [0.05, 0.1) is 11.2 Å². The number of imidazole rings is 1.